The van der Waals surface area contributed by atoms with Crippen molar-refractivity contribution in [3.8, 4) is 22.6 Å². The first-order chi connectivity index (χ1) is 22.5. The Balaban J connectivity index is 1.08. The van der Waals surface area contributed by atoms with Crippen LogP contribution >= 0.6 is 0 Å². The van der Waals surface area contributed by atoms with Gasteiger partial charge in [0.1, 0.15) is 6.10 Å². The summed E-state index contributed by atoms with van der Waals surface area (Å²) in [6.45, 7) is 3.56. The number of benzene rings is 4. The Morgan fingerprint density at radius 3 is 2.33 bits per heavy atom. The minimum absolute atomic E-state index is 0.0643. The number of aromatic hydroxyl groups is 1. The van der Waals surface area contributed by atoms with Crippen molar-refractivity contribution in [1.29, 1.82) is 0 Å². The van der Waals surface area contributed by atoms with Crippen molar-refractivity contribution in [2.45, 2.75) is 38.5 Å². The molecule has 1 fully saturated rings. The summed E-state index contributed by atoms with van der Waals surface area (Å²) in [6, 6.07) is 32.8. The minimum atomic E-state index is -0.452. The molecule has 0 aromatic heterocycles. The van der Waals surface area contributed by atoms with Gasteiger partial charge >= 0.3 is 6.09 Å². The number of amides is 2. The van der Waals surface area contributed by atoms with E-state index in [4.69, 9.17) is 9.47 Å². The summed E-state index contributed by atoms with van der Waals surface area (Å²) in [6.07, 6.45) is 1.20. The highest BCUT2D eigenvalue weighted by Gasteiger charge is 2.24. The number of piperidine rings is 1. The summed E-state index contributed by atoms with van der Waals surface area (Å²) in [5.41, 5.74) is 4.69. The van der Waals surface area contributed by atoms with Crippen LogP contribution in [0.15, 0.2) is 103 Å². The molecule has 4 aromatic carbocycles. The highest BCUT2D eigenvalue weighted by atomic mass is 16.6. The summed E-state index contributed by atoms with van der Waals surface area (Å²) in [4.78, 5) is 30.3. The van der Waals surface area contributed by atoms with Crippen LogP contribution in [0.3, 0.4) is 0 Å². The van der Waals surface area contributed by atoms with Crippen molar-refractivity contribution >= 4 is 17.7 Å². The molecular formula is C37H42N4O5. The highest BCUT2D eigenvalue weighted by Crippen LogP contribution is 2.28. The topological polar surface area (TPSA) is 103 Å². The van der Waals surface area contributed by atoms with E-state index in [1.807, 2.05) is 95.9 Å². The predicted molar refractivity (Wildman–Crippen MR) is 179 cm³/mol. The fraction of sp³-hybridized carbons (Fsp3) is 0.297. The number of hydrogen-bond acceptors (Lipinski definition) is 7. The molecule has 0 atom stereocenters. The molecule has 2 amide bonds. The number of rotatable bonds is 13. The van der Waals surface area contributed by atoms with Gasteiger partial charge in [-0.1, -0.05) is 84.9 Å². The summed E-state index contributed by atoms with van der Waals surface area (Å²) in [5.74, 6) is 0.574. The van der Waals surface area contributed by atoms with Crippen LogP contribution in [0, 0.1) is 0 Å². The number of nitrogens with zero attached hydrogens (tertiary/aromatic N) is 2. The molecule has 5 rings (SSSR count). The quantitative estimate of drug-likeness (QED) is 0.152. The largest absolute Gasteiger partial charge is 0.504 e. The molecule has 1 aliphatic heterocycles. The van der Waals surface area contributed by atoms with Gasteiger partial charge in [-0.15, -0.1) is 0 Å². The minimum Gasteiger partial charge on any atom is -0.504 e. The number of phenolic OH excluding ortho intramolecular Hbond substituents is 1. The number of anilines is 1. The van der Waals surface area contributed by atoms with Gasteiger partial charge in [-0.2, -0.15) is 0 Å². The molecule has 3 N–H and O–H groups in total. The molecule has 0 radical (unpaired) electrons. The number of carbonyl (C=O) groups excluding carboxylic acids is 2. The van der Waals surface area contributed by atoms with Gasteiger partial charge in [0.15, 0.2) is 11.5 Å². The van der Waals surface area contributed by atoms with Gasteiger partial charge in [-0.25, -0.2) is 4.79 Å². The second-order valence-electron chi connectivity index (χ2n) is 11.4. The monoisotopic (exact) mass is 622 g/mol. The number of methoxy groups -OCH3 is 1. The Hall–Kier alpha value is -4.86. The van der Waals surface area contributed by atoms with Gasteiger partial charge in [0.2, 0.25) is 5.91 Å². The molecule has 0 bridgehead atoms. The van der Waals surface area contributed by atoms with Crippen molar-refractivity contribution in [1.82, 2.24) is 15.1 Å². The standard InChI is InChI=1S/C37H42N4O5/c1-45-35-24-29(16-17-34(35)42)25-38-27-41(26-28-10-4-2-5-11-28)36(43)20-23-40-21-18-31(19-22-40)46-37(44)39-33-15-9-8-14-32(33)30-12-6-3-7-13-30/h2-17,24,31,38,42H,18-23,25-27H2,1H3,(H,39,44). The maximum Gasteiger partial charge on any atom is 0.411 e. The van der Waals surface area contributed by atoms with Gasteiger partial charge in [0.05, 0.1) is 19.5 Å². The number of hydrogen-bond donors (Lipinski definition) is 3. The van der Waals surface area contributed by atoms with E-state index in [-0.39, 0.29) is 17.8 Å². The normalized spacial score (nSPS) is 13.6. The van der Waals surface area contributed by atoms with E-state index in [0.29, 0.717) is 57.0 Å². The molecule has 1 heterocycles. The summed E-state index contributed by atoms with van der Waals surface area (Å²) in [7, 11) is 1.52. The number of ether oxygens (including phenoxy) is 2. The first-order valence-electron chi connectivity index (χ1n) is 15.7. The smallest absolute Gasteiger partial charge is 0.411 e. The van der Waals surface area contributed by atoms with Crippen molar-refractivity contribution in [2.24, 2.45) is 0 Å². The van der Waals surface area contributed by atoms with E-state index in [9.17, 15) is 14.7 Å². The van der Waals surface area contributed by atoms with Crippen LogP contribution in [0.1, 0.15) is 30.4 Å². The van der Waals surface area contributed by atoms with E-state index in [0.717, 1.165) is 35.3 Å². The predicted octanol–water partition coefficient (Wildman–Crippen LogP) is 6.25. The zero-order valence-corrected chi connectivity index (χ0v) is 26.2. The summed E-state index contributed by atoms with van der Waals surface area (Å²) < 4.78 is 11.0. The maximum atomic E-state index is 13.4. The lowest BCUT2D eigenvalue weighted by Gasteiger charge is -2.32. The molecule has 0 saturated carbocycles. The molecule has 46 heavy (non-hydrogen) atoms. The Kier molecular flexibility index (Phi) is 11.6. The number of likely N-dealkylation sites (tertiary alicyclic amines) is 1. The zero-order valence-electron chi connectivity index (χ0n) is 26.2. The molecule has 0 spiro atoms. The molecule has 1 aliphatic rings. The Morgan fingerprint density at radius 1 is 0.891 bits per heavy atom. The van der Waals surface area contributed by atoms with Crippen LogP contribution in [-0.4, -0.2) is 66.4 Å². The zero-order chi connectivity index (χ0) is 32.1. The van der Waals surface area contributed by atoms with Crippen LogP contribution in [0.5, 0.6) is 11.5 Å². The third-order valence-electron chi connectivity index (χ3n) is 8.14. The molecule has 9 nitrogen and oxygen atoms in total. The molecule has 1 saturated heterocycles. The average Bonchev–Trinajstić information content (AvgIpc) is 3.09. The van der Waals surface area contributed by atoms with Crippen LogP contribution in [-0.2, 0) is 22.6 Å². The van der Waals surface area contributed by atoms with Crippen LogP contribution in [0.2, 0.25) is 0 Å². The van der Waals surface area contributed by atoms with E-state index in [2.05, 4.69) is 15.5 Å². The second-order valence-corrected chi connectivity index (χ2v) is 11.4. The van der Waals surface area contributed by atoms with Crippen molar-refractivity contribution in [3.63, 3.8) is 0 Å². The van der Waals surface area contributed by atoms with Crippen LogP contribution in [0.4, 0.5) is 10.5 Å². The van der Waals surface area contributed by atoms with Crippen molar-refractivity contribution < 1.29 is 24.2 Å². The van der Waals surface area contributed by atoms with Gasteiger partial charge in [-0.3, -0.25) is 15.4 Å². The van der Waals surface area contributed by atoms with Crippen molar-refractivity contribution in [2.75, 3.05) is 38.7 Å². The Bertz CT molecular complexity index is 1560. The van der Waals surface area contributed by atoms with E-state index in [1.54, 1.807) is 12.1 Å². The number of nitrogens with one attached hydrogen (secondary N) is 2. The van der Waals surface area contributed by atoms with Gasteiger partial charge in [0, 0.05) is 44.7 Å². The van der Waals surface area contributed by atoms with Crippen LogP contribution < -0.4 is 15.4 Å². The van der Waals surface area contributed by atoms with E-state index in [1.165, 1.54) is 7.11 Å². The summed E-state index contributed by atoms with van der Waals surface area (Å²) >= 11 is 0. The average molecular weight is 623 g/mol. The number of carbonyl (C=O) groups is 2. The lowest BCUT2D eigenvalue weighted by molar-refractivity contribution is -0.132. The number of phenols is 1. The molecular weight excluding hydrogens is 580 g/mol. The van der Waals surface area contributed by atoms with Crippen LogP contribution in [0.25, 0.3) is 11.1 Å². The van der Waals surface area contributed by atoms with Gasteiger partial charge < -0.3 is 24.4 Å². The lowest BCUT2D eigenvalue weighted by Crippen LogP contribution is -2.42. The molecule has 240 valence electrons. The van der Waals surface area contributed by atoms with Gasteiger partial charge in [0.25, 0.3) is 0 Å². The van der Waals surface area contributed by atoms with E-state index >= 15 is 0 Å². The first-order valence-corrected chi connectivity index (χ1v) is 15.7. The lowest BCUT2D eigenvalue weighted by atomic mass is 10.0. The maximum absolute atomic E-state index is 13.4. The number of para-hydroxylation sites is 1. The third kappa shape index (κ3) is 9.32. The van der Waals surface area contributed by atoms with E-state index < -0.39 is 6.09 Å². The fourth-order valence-electron chi connectivity index (χ4n) is 5.62. The third-order valence-corrected chi connectivity index (χ3v) is 8.14. The van der Waals surface area contributed by atoms with Gasteiger partial charge in [-0.05, 0) is 47.7 Å². The fourth-order valence-corrected chi connectivity index (χ4v) is 5.62. The highest BCUT2D eigenvalue weighted by molar-refractivity contribution is 5.91. The molecule has 4 aromatic rings. The second kappa shape index (κ2) is 16.5. The molecule has 0 aliphatic carbocycles. The SMILES string of the molecule is COc1cc(CNCN(Cc2ccccc2)C(=O)CCN2CCC(OC(=O)Nc3ccccc3-c3ccccc3)CC2)ccc1O. The molecule has 0 unspecified atom stereocenters. The first kappa shape index (κ1) is 32.5. The molecule has 9 heteroatoms. The Morgan fingerprint density at radius 2 is 1.59 bits per heavy atom. The Labute approximate surface area is 270 Å². The van der Waals surface area contributed by atoms with Crippen molar-refractivity contribution in [3.05, 3.63) is 114 Å². The summed E-state index contributed by atoms with van der Waals surface area (Å²) in [5, 5.41) is 16.2.